The van der Waals surface area contributed by atoms with E-state index in [-0.39, 0.29) is 17.9 Å². The van der Waals surface area contributed by atoms with E-state index in [1.54, 1.807) is 31.3 Å². The zero-order valence-electron chi connectivity index (χ0n) is 15.6. The number of aromatic nitrogens is 1. The molecule has 0 bridgehead atoms. The fourth-order valence-corrected chi connectivity index (χ4v) is 3.68. The van der Waals surface area contributed by atoms with Gasteiger partial charge in [-0.25, -0.2) is 9.37 Å². The molecule has 1 saturated heterocycles. The molecule has 5 nitrogen and oxygen atoms in total. The van der Waals surface area contributed by atoms with E-state index in [1.165, 1.54) is 12.1 Å². The topological polar surface area (TPSA) is 69.0 Å². The highest BCUT2D eigenvalue weighted by molar-refractivity contribution is 5.94. The summed E-state index contributed by atoms with van der Waals surface area (Å²) in [6.07, 6.45) is 3.33. The summed E-state index contributed by atoms with van der Waals surface area (Å²) in [6, 6.07) is 10.1. The van der Waals surface area contributed by atoms with Crippen molar-refractivity contribution in [3.8, 4) is 6.07 Å². The minimum atomic E-state index is -0.402. The molecule has 0 unspecified atom stereocenters. The molecule has 27 heavy (non-hydrogen) atoms. The van der Waals surface area contributed by atoms with Crippen LogP contribution >= 0.6 is 0 Å². The van der Waals surface area contributed by atoms with Crippen molar-refractivity contribution in [2.24, 2.45) is 5.92 Å². The van der Waals surface area contributed by atoms with Crippen LogP contribution in [0, 0.1) is 30.0 Å². The number of rotatable bonds is 4. The Labute approximate surface area is 158 Å². The number of aryl methyl sites for hydroxylation is 1. The van der Waals surface area contributed by atoms with Gasteiger partial charge in [-0.2, -0.15) is 5.26 Å². The number of amides is 1. The minimum absolute atomic E-state index is 0.0107. The van der Waals surface area contributed by atoms with Crippen LogP contribution in [-0.4, -0.2) is 30.0 Å². The zero-order valence-corrected chi connectivity index (χ0v) is 15.6. The molecule has 6 heteroatoms. The van der Waals surface area contributed by atoms with Crippen molar-refractivity contribution in [1.82, 2.24) is 10.3 Å². The fraction of sp³-hybridized carbons (Fsp3) is 0.381. The van der Waals surface area contributed by atoms with Gasteiger partial charge >= 0.3 is 0 Å². The van der Waals surface area contributed by atoms with Crippen molar-refractivity contribution in [2.75, 3.05) is 18.0 Å². The maximum Gasteiger partial charge on any atom is 0.251 e. The standard InChI is InChI=1S/C21H23FN4O/c1-3-15-13-26(20-16(12-23)5-4-7-24-20)8-6-19(15)25-21(27)17-9-14(2)10-18(22)11-17/h4-5,7,9-11,15,19H,3,6,8,13H2,1-2H3,(H,25,27)/t15-,19+/m1/s1. The van der Waals surface area contributed by atoms with Gasteiger partial charge in [-0.05, 0) is 61.6 Å². The maximum atomic E-state index is 13.6. The van der Waals surface area contributed by atoms with Gasteiger partial charge in [-0.3, -0.25) is 4.79 Å². The third kappa shape index (κ3) is 4.25. The number of piperidine rings is 1. The Bertz CT molecular complexity index is 856. The molecule has 0 radical (unpaired) electrons. The summed E-state index contributed by atoms with van der Waals surface area (Å²) < 4.78 is 13.6. The Balaban J connectivity index is 1.72. The number of hydrogen-bond donors (Lipinski definition) is 1. The van der Waals surface area contributed by atoms with Gasteiger partial charge in [-0.1, -0.05) is 6.92 Å². The highest BCUT2D eigenvalue weighted by Crippen LogP contribution is 2.26. The third-order valence-electron chi connectivity index (χ3n) is 5.09. The van der Waals surface area contributed by atoms with Gasteiger partial charge in [0.1, 0.15) is 17.7 Å². The summed E-state index contributed by atoms with van der Waals surface area (Å²) in [7, 11) is 0. The summed E-state index contributed by atoms with van der Waals surface area (Å²) in [5.41, 5.74) is 1.63. The van der Waals surface area contributed by atoms with Crippen LogP contribution in [0.4, 0.5) is 10.2 Å². The second-order valence-corrected chi connectivity index (χ2v) is 6.99. The first-order chi connectivity index (χ1) is 13.0. The summed E-state index contributed by atoms with van der Waals surface area (Å²) in [4.78, 5) is 19.1. The van der Waals surface area contributed by atoms with E-state index in [9.17, 15) is 14.4 Å². The Hall–Kier alpha value is -2.94. The number of benzene rings is 1. The number of pyridine rings is 1. The molecular formula is C21H23FN4O. The van der Waals surface area contributed by atoms with Crippen molar-refractivity contribution in [1.29, 1.82) is 5.26 Å². The second-order valence-electron chi connectivity index (χ2n) is 6.99. The monoisotopic (exact) mass is 366 g/mol. The predicted molar refractivity (Wildman–Crippen MR) is 102 cm³/mol. The first kappa shape index (κ1) is 18.8. The molecule has 1 amide bonds. The van der Waals surface area contributed by atoms with Crippen molar-refractivity contribution < 1.29 is 9.18 Å². The normalized spacial score (nSPS) is 19.4. The Morgan fingerprint density at radius 3 is 2.96 bits per heavy atom. The molecule has 1 aliphatic heterocycles. The van der Waals surface area contributed by atoms with Crippen molar-refractivity contribution in [3.05, 3.63) is 59.0 Å². The van der Waals surface area contributed by atoms with Crippen molar-refractivity contribution in [3.63, 3.8) is 0 Å². The SMILES string of the molecule is CC[C@@H]1CN(c2ncccc2C#N)CC[C@@H]1NC(=O)c1cc(C)cc(F)c1. The largest absolute Gasteiger partial charge is 0.355 e. The van der Waals surface area contributed by atoms with Crippen molar-refractivity contribution in [2.45, 2.75) is 32.7 Å². The fourth-order valence-electron chi connectivity index (χ4n) is 3.68. The van der Waals surface area contributed by atoms with E-state index in [2.05, 4.69) is 28.2 Å². The molecule has 0 saturated carbocycles. The van der Waals surface area contributed by atoms with E-state index in [1.807, 2.05) is 0 Å². The van der Waals surface area contributed by atoms with Gasteiger partial charge in [0, 0.05) is 30.9 Å². The molecule has 1 N–H and O–H groups in total. The van der Waals surface area contributed by atoms with Gasteiger partial charge in [-0.15, -0.1) is 0 Å². The average molecular weight is 366 g/mol. The lowest BCUT2D eigenvalue weighted by Gasteiger charge is -2.39. The van der Waals surface area contributed by atoms with Crippen LogP contribution in [0.3, 0.4) is 0 Å². The number of anilines is 1. The smallest absolute Gasteiger partial charge is 0.251 e. The Kier molecular flexibility index (Phi) is 5.70. The van der Waals surface area contributed by atoms with E-state index in [4.69, 9.17) is 0 Å². The number of nitriles is 1. The molecule has 140 valence electrons. The number of nitrogens with zero attached hydrogens (tertiary/aromatic N) is 3. The molecule has 3 rings (SSSR count). The molecule has 1 aromatic heterocycles. The molecule has 2 atom stereocenters. The molecular weight excluding hydrogens is 343 g/mol. The number of carbonyl (C=O) groups is 1. The van der Waals surface area contributed by atoms with Gasteiger partial charge in [0.25, 0.3) is 5.91 Å². The molecule has 1 aliphatic rings. The molecule has 1 aromatic carbocycles. The summed E-state index contributed by atoms with van der Waals surface area (Å²) >= 11 is 0. The molecule has 0 aliphatic carbocycles. The second kappa shape index (κ2) is 8.17. The van der Waals surface area contributed by atoms with E-state index in [0.717, 1.165) is 24.9 Å². The van der Waals surface area contributed by atoms with Crippen LogP contribution in [0.1, 0.15) is 41.3 Å². The average Bonchev–Trinajstić information content (AvgIpc) is 2.67. The number of halogens is 1. The molecule has 2 heterocycles. The van der Waals surface area contributed by atoms with E-state index >= 15 is 0 Å². The van der Waals surface area contributed by atoms with Gasteiger partial charge < -0.3 is 10.2 Å². The Morgan fingerprint density at radius 1 is 1.44 bits per heavy atom. The quantitative estimate of drug-likeness (QED) is 0.900. The summed E-state index contributed by atoms with van der Waals surface area (Å²) in [6.45, 7) is 5.28. The van der Waals surface area contributed by atoms with Crippen LogP contribution in [0.15, 0.2) is 36.5 Å². The van der Waals surface area contributed by atoms with Crippen molar-refractivity contribution >= 4 is 11.7 Å². The van der Waals surface area contributed by atoms with Gasteiger partial charge in [0.05, 0.1) is 5.56 Å². The van der Waals surface area contributed by atoms with Crippen LogP contribution in [-0.2, 0) is 0 Å². The maximum absolute atomic E-state index is 13.6. The highest BCUT2D eigenvalue weighted by atomic mass is 19.1. The molecule has 1 fully saturated rings. The van der Waals surface area contributed by atoms with Gasteiger partial charge in [0.2, 0.25) is 0 Å². The number of hydrogen-bond acceptors (Lipinski definition) is 4. The van der Waals surface area contributed by atoms with Crippen LogP contribution in [0.25, 0.3) is 0 Å². The predicted octanol–water partition coefficient (Wildman–Crippen LogP) is 3.44. The van der Waals surface area contributed by atoms with E-state index in [0.29, 0.717) is 23.5 Å². The first-order valence-electron chi connectivity index (χ1n) is 9.20. The van der Waals surface area contributed by atoms with Crippen LogP contribution < -0.4 is 10.2 Å². The van der Waals surface area contributed by atoms with E-state index < -0.39 is 5.82 Å². The Morgan fingerprint density at radius 2 is 2.26 bits per heavy atom. The summed E-state index contributed by atoms with van der Waals surface area (Å²) in [5, 5.41) is 12.4. The highest BCUT2D eigenvalue weighted by Gasteiger charge is 2.31. The van der Waals surface area contributed by atoms with Crippen LogP contribution in [0.2, 0.25) is 0 Å². The summed E-state index contributed by atoms with van der Waals surface area (Å²) in [5.74, 6) is 0.279. The lowest BCUT2D eigenvalue weighted by atomic mass is 9.89. The molecule has 0 spiro atoms. The number of carbonyl (C=O) groups excluding carboxylic acids is 1. The third-order valence-corrected chi connectivity index (χ3v) is 5.09. The molecule has 2 aromatic rings. The zero-order chi connectivity index (χ0) is 19.4. The minimum Gasteiger partial charge on any atom is -0.355 e. The lowest BCUT2D eigenvalue weighted by molar-refractivity contribution is 0.0912. The lowest BCUT2D eigenvalue weighted by Crippen LogP contribution is -2.51. The first-order valence-corrected chi connectivity index (χ1v) is 9.20. The number of nitrogens with one attached hydrogen (secondary N) is 1. The van der Waals surface area contributed by atoms with Gasteiger partial charge in [0.15, 0.2) is 0 Å². The van der Waals surface area contributed by atoms with Crippen LogP contribution in [0.5, 0.6) is 0 Å².